The summed E-state index contributed by atoms with van der Waals surface area (Å²) in [4.78, 5) is 52.9. The van der Waals surface area contributed by atoms with Crippen molar-refractivity contribution in [1.29, 1.82) is 0 Å². The second-order valence-corrected chi connectivity index (χ2v) is 10.1. The molecular weight excluding hydrogens is 584 g/mol. The second kappa shape index (κ2) is 32.6. The van der Waals surface area contributed by atoms with Gasteiger partial charge in [-0.2, -0.15) is 0 Å². The molecule has 0 aromatic heterocycles. The zero-order valence-corrected chi connectivity index (χ0v) is 29.8. The fourth-order valence-electron chi connectivity index (χ4n) is 3.58. The third-order valence-electron chi connectivity index (χ3n) is 6.60. The van der Waals surface area contributed by atoms with Crippen molar-refractivity contribution in [2.24, 2.45) is 11.8 Å². The van der Waals surface area contributed by atoms with Gasteiger partial charge in [-0.15, -0.1) is 0 Å². The van der Waals surface area contributed by atoms with Gasteiger partial charge in [0.25, 0.3) is 0 Å². The lowest BCUT2D eigenvalue weighted by Crippen LogP contribution is -2.10. The maximum atomic E-state index is 11.4. The Morgan fingerprint density at radius 1 is 0.761 bits per heavy atom. The van der Waals surface area contributed by atoms with Crippen molar-refractivity contribution in [3.8, 4) is 0 Å². The van der Waals surface area contributed by atoms with Crippen LogP contribution < -0.4 is 0 Å². The smallest absolute Gasteiger partial charge is 0.311 e. The summed E-state index contributed by atoms with van der Waals surface area (Å²) in [7, 11) is 0. The van der Waals surface area contributed by atoms with E-state index in [1.165, 1.54) is 6.92 Å². The van der Waals surface area contributed by atoms with Crippen LogP contribution in [-0.4, -0.2) is 41.7 Å². The van der Waals surface area contributed by atoms with Gasteiger partial charge in [0.1, 0.15) is 18.8 Å². The molecule has 0 aliphatic rings. The van der Waals surface area contributed by atoms with Crippen LogP contribution in [0.1, 0.15) is 136 Å². The van der Waals surface area contributed by atoms with E-state index < -0.39 is 12.4 Å². The Morgan fingerprint density at radius 2 is 1.26 bits per heavy atom. The number of ketones is 1. The number of hydrogen-bond donors (Lipinski definition) is 1. The van der Waals surface area contributed by atoms with Crippen molar-refractivity contribution in [3.63, 3.8) is 0 Å². The molecule has 0 heterocycles. The third kappa shape index (κ3) is 26.6. The molecule has 8 heteroatoms. The van der Waals surface area contributed by atoms with E-state index in [0.29, 0.717) is 30.4 Å². The van der Waals surface area contributed by atoms with E-state index in [1.54, 1.807) is 30.3 Å². The summed E-state index contributed by atoms with van der Waals surface area (Å²) in [6.07, 6.45) is 6.80. The average Bonchev–Trinajstić information content (AvgIpc) is 3.07. The van der Waals surface area contributed by atoms with E-state index >= 15 is 0 Å². The number of carbonyl (C=O) groups excluding carboxylic acids is 4. The number of hydrogen-bond acceptors (Lipinski definition) is 7. The molecule has 0 fully saturated rings. The van der Waals surface area contributed by atoms with Gasteiger partial charge < -0.3 is 19.4 Å². The molecule has 2 aromatic rings. The van der Waals surface area contributed by atoms with Crippen molar-refractivity contribution < 1.29 is 38.6 Å². The number of Topliss-reactive ketones (excluding diaryl/α,β-unsaturated/α-hetero) is 1. The highest BCUT2D eigenvalue weighted by Gasteiger charge is 2.13. The van der Waals surface area contributed by atoms with Crippen LogP contribution in [0.4, 0.5) is 0 Å². The van der Waals surface area contributed by atoms with E-state index in [0.717, 1.165) is 50.4 Å². The van der Waals surface area contributed by atoms with E-state index in [1.807, 2.05) is 71.9 Å². The zero-order valence-electron chi connectivity index (χ0n) is 29.8. The highest BCUT2D eigenvalue weighted by molar-refractivity contribution is 6.05. The van der Waals surface area contributed by atoms with Gasteiger partial charge in [0.2, 0.25) is 0 Å². The van der Waals surface area contributed by atoms with Crippen molar-refractivity contribution in [2.75, 3.05) is 6.61 Å². The first-order valence-corrected chi connectivity index (χ1v) is 16.7. The van der Waals surface area contributed by atoms with Crippen LogP contribution in [0.25, 0.3) is 0 Å². The lowest BCUT2D eigenvalue weighted by Gasteiger charge is -2.16. The normalized spacial score (nSPS) is 10.2. The quantitative estimate of drug-likeness (QED) is 0.0880. The first kappa shape index (κ1) is 46.6. The molecule has 2 aromatic carbocycles. The van der Waals surface area contributed by atoms with Gasteiger partial charge in [-0.3, -0.25) is 19.2 Å². The Labute approximate surface area is 278 Å². The van der Waals surface area contributed by atoms with Gasteiger partial charge in [0.05, 0.1) is 6.61 Å². The molecule has 0 spiro atoms. The number of aldehydes is 1. The van der Waals surface area contributed by atoms with Crippen LogP contribution in [-0.2, 0) is 28.7 Å². The fraction of sp³-hybridized carbons (Fsp3) is 0.553. The second-order valence-electron chi connectivity index (χ2n) is 10.1. The minimum atomic E-state index is -1.09. The van der Waals surface area contributed by atoms with Crippen LogP contribution in [0.15, 0.2) is 60.7 Å². The maximum absolute atomic E-state index is 11.4. The van der Waals surface area contributed by atoms with Crippen LogP contribution >= 0.6 is 0 Å². The monoisotopic (exact) mass is 644 g/mol. The summed E-state index contributed by atoms with van der Waals surface area (Å²) in [5.74, 6) is -0.879. The summed E-state index contributed by atoms with van der Waals surface area (Å²) >= 11 is 0. The van der Waals surface area contributed by atoms with Gasteiger partial charge in [-0.1, -0.05) is 129 Å². The molecule has 46 heavy (non-hydrogen) atoms. The van der Waals surface area contributed by atoms with Crippen LogP contribution in [0, 0.1) is 11.8 Å². The van der Waals surface area contributed by atoms with Gasteiger partial charge in [0, 0.05) is 24.8 Å². The summed E-state index contributed by atoms with van der Waals surface area (Å²) in [6, 6.07) is 18.3. The van der Waals surface area contributed by atoms with Crippen molar-refractivity contribution in [3.05, 3.63) is 71.8 Å². The molecule has 0 aliphatic heterocycles. The molecule has 1 N–H and O–H groups in total. The molecule has 2 rings (SSSR count). The summed E-state index contributed by atoms with van der Waals surface area (Å²) in [5, 5.41) is 8.32. The Balaban J connectivity index is -0.000000543. The predicted octanol–water partition coefficient (Wildman–Crippen LogP) is 9.46. The van der Waals surface area contributed by atoms with E-state index in [-0.39, 0.29) is 23.8 Å². The third-order valence-corrected chi connectivity index (χ3v) is 6.60. The lowest BCUT2D eigenvalue weighted by atomic mass is 10.1. The maximum Gasteiger partial charge on any atom is 0.311 e. The highest BCUT2D eigenvalue weighted by Crippen LogP contribution is 2.21. The first-order chi connectivity index (χ1) is 22.0. The molecule has 0 radical (unpaired) electrons. The van der Waals surface area contributed by atoms with E-state index in [9.17, 15) is 24.0 Å². The Hall–Kier alpha value is -3.81. The SMILES string of the molecule is CC.CCC(C=O)CC.CCC(CC)COC(C)=O.CCCC(=O)OC(CC)c1ccccc1.O=C(O)CC(=O)c1ccccc1. The number of benzene rings is 2. The van der Waals surface area contributed by atoms with Gasteiger partial charge in [0.15, 0.2) is 5.78 Å². The van der Waals surface area contributed by atoms with Gasteiger partial charge in [-0.25, -0.2) is 0 Å². The number of esters is 2. The number of rotatable bonds is 15. The minimum Gasteiger partial charge on any atom is -0.481 e. The minimum absolute atomic E-state index is 0.0924. The molecule has 0 saturated carbocycles. The number of aliphatic carboxylic acids is 1. The average molecular weight is 645 g/mol. The van der Waals surface area contributed by atoms with Gasteiger partial charge in [-0.05, 0) is 37.2 Å². The van der Waals surface area contributed by atoms with Crippen molar-refractivity contribution in [1.82, 2.24) is 0 Å². The van der Waals surface area contributed by atoms with E-state index in [4.69, 9.17) is 14.6 Å². The molecule has 260 valence electrons. The highest BCUT2D eigenvalue weighted by atomic mass is 16.5. The molecule has 8 nitrogen and oxygen atoms in total. The lowest BCUT2D eigenvalue weighted by molar-refractivity contribution is -0.149. The van der Waals surface area contributed by atoms with Crippen molar-refractivity contribution in [2.45, 2.75) is 120 Å². The molecule has 0 aliphatic carbocycles. The molecular formula is C38H60O8. The Kier molecular flexibility index (Phi) is 33.0. The predicted molar refractivity (Wildman–Crippen MR) is 186 cm³/mol. The number of ether oxygens (including phenoxy) is 2. The fourth-order valence-corrected chi connectivity index (χ4v) is 3.58. The standard InChI is InChI=1S/C13H18O2.C9H8O3.C8H16O2.C6H12O.C2H6/c1-3-8-13(14)15-12(4-2)11-9-6-5-7-10-11;10-8(6-9(11)12)7-4-2-1-3-5-7;1-4-8(5-2)6-10-7(3)9;1-3-6(4-2)5-7;1-2/h5-7,9-10,12H,3-4,8H2,1-2H3;1-5H,6H2,(H,11,12);8H,4-6H2,1-3H3;5-6H,3-4H2,1-2H3;1-2H3. The van der Waals surface area contributed by atoms with Crippen molar-refractivity contribution >= 4 is 30.0 Å². The van der Waals surface area contributed by atoms with Crippen LogP contribution in [0.3, 0.4) is 0 Å². The molecule has 1 atom stereocenters. The number of carbonyl (C=O) groups is 5. The topological polar surface area (TPSA) is 124 Å². The molecule has 0 saturated heterocycles. The Bertz CT molecular complexity index is 1030. The largest absolute Gasteiger partial charge is 0.481 e. The first-order valence-electron chi connectivity index (χ1n) is 16.7. The zero-order chi connectivity index (χ0) is 35.8. The summed E-state index contributed by atoms with van der Waals surface area (Å²) in [5.41, 5.74) is 1.52. The number of carboxylic acids is 1. The summed E-state index contributed by atoms with van der Waals surface area (Å²) in [6.45, 7) is 18.3. The molecule has 0 amide bonds. The Morgan fingerprint density at radius 3 is 1.61 bits per heavy atom. The van der Waals surface area contributed by atoms with Crippen LogP contribution in [0.5, 0.6) is 0 Å². The van der Waals surface area contributed by atoms with E-state index in [2.05, 4.69) is 13.8 Å². The van der Waals surface area contributed by atoms with Crippen LogP contribution in [0.2, 0.25) is 0 Å². The molecule has 0 bridgehead atoms. The van der Waals surface area contributed by atoms with Gasteiger partial charge >= 0.3 is 17.9 Å². The number of carboxylic acid groups (broad SMARTS) is 1. The summed E-state index contributed by atoms with van der Waals surface area (Å²) < 4.78 is 10.2. The molecule has 1 unspecified atom stereocenters.